The maximum atomic E-state index is 13.3. The Kier molecular flexibility index (Phi) is 15.3. The zero-order chi connectivity index (χ0) is 28.6. The fourth-order valence-electron chi connectivity index (χ4n) is 2.21. The Hall–Kier alpha value is -3.63. The molecule has 0 fully saturated rings. The van der Waals surface area contributed by atoms with E-state index in [1.54, 1.807) is 27.7 Å². The van der Waals surface area contributed by atoms with Crippen LogP contribution in [0.1, 0.15) is 53.5 Å². The van der Waals surface area contributed by atoms with E-state index in [4.69, 9.17) is 9.47 Å². The van der Waals surface area contributed by atoms with Gasteiger partial charge in [0.25, 0.3) is 0 Å². The molecule has 0 heterocycles. The minimum absolute atomic E-state index is 0.0173. The second-order valence-corrected chi connectivity index (χ2v) is 7.98. The predicted molar refractivity (Wildman–Crippen MR) is 129 cm³/mol. The molecule has 0 unspecified atom stereocenters. The standard InChI is InChI=1S/C14H15F4NO4.C10H12O2.C2H6/c1-14(2,3)23-13(21)19-5-7(20)6-22-12-10(17)8(15)4-9(16)11(12)18;1-2-10(11)12-8-9-6-4-3-5-7-9;1-2/h4H,5-6H2,1-3H3,(H,19,21);3-7H,2,8H2,1H3;1-2H3. The van der Waals surface area contributed by atoms with Crippen LogP contribution in [0.2, 0.25) is 0 Å². The van der Waals surface area contributed by atoms with Crippen LogP contribution >= 0.6 is 0 Å². The van der Waals surface area contributed by atoms with E-state index in [0.717, 1.165) is 5.56 Å². The lowest BCUT2D eigenvalue weighted by atomic mass is 10.2. The van der Waals surface area contributed by atoms with Gasteiger partial charge in [-0.1, -0.05) is 51.1 Å². The Bertz CT molecular complexity index is 984. The highest BCUT2D eigenvalue weighted by molar-refractivity contribution is 5.85. The number of alkyl carbamates (subject to hydrolysis) is 1. The number of benzene rings is 2. The molecule has 0 saturated heterocycles. The maximum absolute atomic E-state index is 13.3. The largest absolute Gasteiger partial charge is 0.479 e. The Morgan fingerprint density at radius 2 is 1.46 bits per heavy atom. The van der Waals surface area contributed by atoms with Crippen LogP contribution in [0.15, 0.2) is 36.4 Å². The van der Waals surface area contributed by atoms with Gasteiger partial charge < -0.3 is 19.5 Å². The Balaban J connectivity index is 0.000000775. The van der Waals surface area contributed by atoms with Crippen molar-refractivity contribution in [1.82, 2.24) is 5.32 Å². The molecule has 2 aromatic carbocycles. The molecule has 0 aliphatic rings. The van der Waals surface area contributed by atoms with Crippen LogP contribution in [0.25, 0.3) is 0 Å². The SMILES string of the molecule is CC.CC(C)(C)OC(=O)NCC(=O)COc1c(F)c(F)cc(F)c1F.CCC(=O)OCc1ccccc1. The summed E-state index contributed by atoms with van der Waals surface area (Å²) in [5, 5.41) is 2.10. The van der Waals surface area contributed by atoms with E-state index >= 15 is 0 Å². The highest BCUT2D eigenvalue weighted by Gasteiger charge is 2.22. The zero-order valence-corrected chi connectivity index (χ0v) is 21.8. The number of carbonyl (C=O) groups is 3. The van der Waals surface area contributed by atoms with Crippen molar-refractivity contribution < 1.29 is 46.2 Å². The van der Waals surface area contributed by atoms with Gasteiger partial charge in [-0.15, -0.1) is 0 Å². The monoisotopic (exact) mass is 531 g/mol. The lowest BCUT2D eigenvalue weighted by Gasteiger charge is -2.19. The van der Waals surface area contributed by atoms with Crippen LogP contribution in [0.5, 0.6) is 5.75 Å². The minimum atomic E-state index is -1.75. The third kappa shape index (κ3) is 13.9. The molecule has 1 N–H and O–H groups in total. The van der Waals surface area contributed by atoms with Crippen LogP contribution < -0.4 is 10.1 Å². The molecule has 206 valence electrons. The summed E-state index contributed by atoms with van der Waals surface area (Å²) in [6.45, 7) is 9.56. The van der Waals surface area contributed by atoms with Gasteiger partial charge in [0.2, 0.25) is 11.6 Å². The van der Waals surface area contributed by atoms with Gasteiger partial charge in [-0.2, -0.15) is 8.78 Å². The summed E-state index contributed by atoms with van der Waals surface area (Å²) in [6, 6.07) is 9.67. The molecule has 0 aliphatic carbocycles. The lowest BCUT2D eigenvalue weighted by Crippen LogP contribution is -2.36. The molecule has 0 aliphatic heterocycles. The number of ether oxygens (including phenoxy) is 3. The average Bonchev–Trinajstić information content (AvgIpc) is 2.86. The van der Waals surface area contributed by atoms with Gasteiger partial charge in [0.15, 0.2) is 23.2 Å². The van der Waals surface area contributed by atoms with Gasteiger partial charge in [0, 0.05) is 12.5 Å². The Labute approximate surface area is 214 Å². The zero-order valence-electron chi connectivity index (χ0n) is 21.8. The molecule has 2 aromatic rings. The van der Waals surface area contributed by atoms with Crippen LogP contribution in [-0.4, -0.2) is 36.6 Å². The van der Waals surface area contributed by atoms with Gasteiger partial charge in [0.05, 0.1) is 6.54 Å². The average molecular weight is 532 g/mol. The third-order valence-electron chi connectivity index (χ3n) is 3.81. The maximum Gasteiger partial charge on any atom is 0.408 e. The molecule has 7 nitrogen and oxygen atoms in total. The van der Waals surface area contributed by atoms with E-state index in [2.05, 4.69) is 10.1 Å². The topological polar surface area (TPSA) is 90.9 Å². The number of carbonyl (C=O) groups excluding carboxylic acids is 3. The number of esters is 1. The molecule has 11 heteroatoms. The van der Waals surface area contributed by atoms with Gasteiger partial charge in [0.1, 0.15) is 18.8 Å². The molecular formula is C26H33F4NO6. The number of hydrogen-bond donors (Lipinski definition) is 1. The number of hydrogen-bond acceptors (Lipinski definition) is 6. The summed E-state index contributed by atoms with van der Waals surface area (Å²) in [7, 11) is 0. The predicted octanol–water partition coefficient (Wildman–Crippen LogP) is 5.88. The Morgan fingerprint density at radius 3 is 1.95 bits per heavy atom. The molecule has 0 bridgehead atoms. The smallest absolute Gasteiger partial charge is 0.408 e. The van der Waals surface area contributed by atoms with E-state index in [-0.39, 0.29) is 12.0 Å². The van der Waals surface area contributed by atoms with Crippen LogP contribution in [0, 0.1) is 23.3 Å². The first-order chi connectivity index (χ1) is 17.3. The summed E-state index contributed by atoms with van der Waals surface area (Å²) >= 11 is 0. The van der Waals surface area contributed by atoms with Gasteiger partial charge in [-0.05, 0) is 26.3 Å². The first-order valence-electron chi connectivity index (χ1n) is 11.5. The number of nitrogens with one attached hydrogen (secondary N) is 1. The van der Waals surface area contributed by atoms with Crippen molar-refractivity contribution in [2.75, 3.05) is 13.2 Å². The quantitative estimate of drug-likeness (QED) is 0.260. The van der Waals surface area contributed by atoms with E-state index in [9.17, 15) is 31.9 Å². The van der Waals surface area contributed by atoms with E-state index in [0.29, 0.717) is 13.0 Å². The normalized spacial score (nSPS) is 10.1. The van der Waals surface area contributed by atoms with Crippen molar-refractivity contribution in [3.63, 3.8) is 0 Å². The molecule has 0 aromatic heterocycles. The second-order valence-electron chi connectivity index (χ2n) is 7.98. The van der Waals surface area contributed by atoms with Crippen molar-refractivity contribution in [3.8, 4) is 5.75 Å². The van der Waals surface area contributed by atoms with Gasteiger partial charge in [-0.3, -0.25) is 9.59 Å². The summed E-state index contributed by atoms with van der Waals surface area (Å²) in [5.41, 5.74) is 0.258. The summed E-state index contributed by atoms with van der Waals surface area (Å²) in [4.78, 5) is 33.5. The second kappa shape index (κ2) is 16.9. The van der Waals surface area contributed by atoms with Crippen molar-refractivity contribution >= 4 is 17.8 Å². The lowest BCUT2D eigenvalue weighted by molar-refractivity contribution is -0.144. The summed E-state index contributed by atoms with van der Waals surface area (Å²) < 4.78 is 66.7. The Morgan fingerprint density at radius 1 is 0.919 bits per heavy atom. The van der Waals surface area contributed by atoms with Crippen molar-refractivity contribution in [3.05, 3.63) is 65.2 Å². The van der Waals surface area contributed by atoms with Gasteiger partial charge >= 0.3 is 12.1 Å². The van der Waals surface area contributed by atoms with Crippen LogP contribution in [0.3, 0.4) is 0 Å². The first-order valence-corrected chi connectivity index (χ1v) is 11.5. The molecule has 0 saturated carbocycles. The first kappa shape index (κ1) is 33.4. The molecule has 0 radical (unpaired) electrons. The van der Waals surface area contributed by atoms with Crippen LogP contribution in [0.4, 0.5) is 22.4 Å². The molecule has 37 heavy (non-hydrogen) atoms. The summed E-state index contributed by atoms with van der Waals surface area (Å²) in [6.07, 6.45) is -0.438. The number of Topliss-reactive ketones (excluding diaryl/α,β-unsaturated/α-hetero) is 1. The molecular weight excluding hydrogens is 498 g/mol. The minimum Gasteiger partial charge on any atom is -0.479 e. The van der Waals surface area contributed by atoms with E-state index in [1.165, 1.54) is 0 Å². The van der Waals surface area contributed by atoms with Crippen molar-refractivity contribution in [1.29, 1.82) is 0 Å². The van der Waals surface area contributed by atoms with E-state index < -0.39 is 59.6 Å². The molecule has 0 spiro atoms. The third-order valence-corrected chi connectivity index (χ3v) is 3.81. The number of halogens is 4. The highest BCUT2D eigenvalue weighted by Crippen LogP contribution is 2.26. The molecule has 1 amide bonds. The molecule has 2 rings (SSSR count). The van der Waals surface area contributed by atoms with Crippen molar-refractivity contribution in [2.24, 2.45) is 0 Å². The highest BCUT2D eigenvalue weighted by atomic mass is 19.2. The fraction of sp³-hybridized carbons (Fsp3) is 0.423. The van der Waals surface area contributed by atoms with Gasteiger partial charge in [-0.25, -0.2) is 13.6 Å². The number of amides is 1. The van der Waals surface area contributed by atoms with E-state index in [1.807, 2.05) is 44.2 Å². The number of ketones is 1. The van der Waals surface area contributed by atoms with Crippen LogP contribution in [-0.2, 0) is 25.7 Å². The fourth-order valence-corrected chi connectivity index (χ4v) is 2.21. The number of rotatable bonds is 8. The van der Waals surface area contributed by atoms with Crippen molar-refractivity contribution in [2.45, 2.75) is 60.2 Å². The molecule has 0 atom stereocenters. The summed E-state index contributed by atoms with van der Waals surface area (Å²) in [5.74, 6) is -9.10.